The molecule has 3 rings (SSSR count). The summed E-state index contributed by atoms with van der Waals surface area (Å²) in [6, 6.07) is 4.76. The largest absolute Gasteiger partial charge is 0.481 e. The number of sulfonamides is 1. The van der Waals surface area contributed by atoms with Crippen molar-refractivity contribution in [2.45, 2.75) is 37.6 Å². The minimum absolute atomic E-state index is 0.0892. The van der Waals surface area contributed by atoms with E-state index < -0.39 is 21.9 Å². The molecule has 1 N–H and O–H groups in total. The molecule has 2 heterocycles. The maximum atomic E-state index is 12.8. The Morgan fingerprint density at radius 3 is 2.60 bits per heavy atom. The van der Waals surface area contributed by atoms with Gasteiger partial charge in [-0.3, -0.25) is 14.2 Å². The first-order chi connectivity index (χ1) is 11.8. The van der Waals surface area contributed by atoms with Crippen LogP contribution in [0, 0.1) is 5.92 Å². The average Bonchev–Trinajstić information content (AvgIpc) is 2.90. The smallest absolute Gasteiger partial charge is 0.308 e. The summed E-state index contributed by atoms with van der Waals surface area (Å²) in [4.78, 5) is 23.1. The van der Waals surface area contributed by atoms with E-state index in [1.54, 1.807) is 16.7 Å². The number of hydrogen-bond acceptors (Lipinski definition) is 5. The average molecular weight is 384 g/mol. The van der Waals surface area contributed by atoms with Crippen LogP contribution in [0.5, 0.6) is 0 Å². The number of carboxylic acid groups (broad SMARTS) is 1. The van der Waals surface area contributed by atoms with E-state index in [9.17, 15) is 18.0 Å². The van der Waals surface area contributed by atoms with Crippen LogP contribution in [0.4, 0.5) is 0 Å². The Bertz CT molecular complexity index is 953. The molecule has 9 heteroatoms. The maximum absolute atomic E-state index is 12.8. The lowest BCUT2D eigenvalue weighted by atomic mass is 9.99. The van der Waals surface area contributed by atoms with Crippen molar-refractivity contribution in [1.82, 2.24) is 8.87 Å². The molecular formula is C16H20N2O5S2. The van der Waals surface area contributed by atoms with Gasteiger partial charge in [0.2, 0.25) is 10.0 Å². The van der Waals surface area contributed by atoms with Gasteiger partial charge in [-0.25, -0.2) is 8.42 Å². The van der Waals surface area contributed by atoms with Crippen LogP contribution >= 0.6 is 11.3 Å². The summed E-state index contributed by atoms with van der Waals surface area (Å²) in [6.07, 6.45) is 1.46. The van der Waals surface area contributed by atoms with Crippen LogP contribution in [0.15, 0.2) is 27.9 Å². The molecule has 0 spiro atoms. The summed E-state index contributed by atoms with van der Waals surface area (Å²) in [6.45, 7) is 2.98. The second-order valence-corrected chi connectivity index (χ2v) is 9.10. The van der Waals surface area contributed by atoms with E-state index >= 15 is 0 Å². The van der Waals surface area contributed by atoms with E-state index in [1.165, 1.54) is 10.4 Å². The summed E-state index contributed by atoms with van der Waals surface area (Å²) in [7, 11) is -3.68. The van der Waals surface area contributed by atoms with Gasteiger partial charge in [0, 0.05) is 19.6 Å². The fourth-order valence-electron chi connectivity index (χ4n) is 3.13. The molecule has 1 aromatic heterocycles. The van der Waals surface area contributed by atoms with E-state index in [1.807, 2.05) is 6.92 Å². The first kappa shape index (κ1) is 18.1. The highest BCUT2D eigenvalue weighted by Gasteiger charge is 2.32. The van der Waals surface area contributed by atoms with Crippen molar-refractivity contribution < 1.29 is 18.3 Å². The van der Waals surface area contributed by atoms with Crippen molar-refractivity contribution in [3.05, 3.63) is 27.9 Å². The van der Waals surface area contributed by atoms with Crippen LogP contribution in [0.1, 0.15) is 26.2 Å². The van der Waals surface area contributed by atoms with Gasteiger partial charge in [-0.1, -0.05) is 18.3 Å². The van der Waals surface area contributed by atoms with Crippen molar-refractivity contribution in [3.8, 4) is 0 Å². The molecule has 0 saturated carbocycles. The van der Waals surface area contributed by atoms with Gasteiger partial charge < -0.3 is 5.11 Å². The molecule has 136 valence electrons. The van der Waals surface area contributed by atoms with E-state index in [-0.39, 0.29) is 22.9 Å². The Balaban J connectivity index is 1.90. The van der Waals surface area contributed by atoms with Crippen LogP contribution in [-0.2, 0) is 21.4 Å². The number of thiazole rings is 1. The molecule has 25 heavy (non-hydrogen) atoms. The quantitative estimate of drug-likeness (QED) is 0.850. The van der Waals surface area contributed by atoms with Crippen LogP contribution in [0.3, 0.4) is 0 Å². The van der Waals surface area contributed by atoms with Crippen molar-refractivity contribution in [2.75, 3.05) is 13.1 Å². The molecule has 0 amide bonds. The second kappa shape index (κ2) is 6.89. The number of carboxylic acids is 1. The highest BCUT2D eigenvalue weighted by Crippen LogP contribution is 2.27. The molecule has 0 unspecified atom stereocenters. The normalized spacial score (nSPS) is 17.2. The number of aryl methyl sites for hydroxylation is 1. The Kier molecular flexibility index (Phi) is 4.99. The van der Waals surface area contributed by atoms with Gasteiger partial charge in [0.25, 0.3) is 0 Å². The van der Waals surface area contributed by atoms with E-state index in [4.69, 9.17) is 5.11 Å². The predicted molar refractivity (Wildman–Crippen MR) is 95.5 cm³/mol. The predicted octanol–water partition coefficient (Wildman–Crippen LogP) is 1.96. The van der Waals surface area contributed by atoms with Crippen LogP contribution in [0.25, 0.3) is 10.2 Å². The Morgan fingerprint density at radius 1 is 1.32 bits per heavy atom. The van der Waals surface area contributed by atoms with Crippen LogP contribution in [0.2, 0.25) is 0 Å². The monoisotopic (exact) mass is 384 g/mol. The number of fused-ring (bicyclic) bond motifs is 1. The number of piperidine rings is 1. The van der Waals surface area contributed by atoms with Crippen LogP contribution < -0.4 is 4.87 Å². The molecule has 2 aromatic rings. The molecule has 1 aliphatic rings. The number of aliphatic carboxylic acids is 1. The molecule has 0 radical (unpaired) electrons. The molecular weight excluding hydrogens is 364 g/mol. The summed E-state index contributed by atoms with van der Waals surface area (Å²) in [5, 5.41) is 9.04. The Hall–Kier alpha value is -1.71. The number of carbonyl (C=O) groups is 1. The van der Waals surface area contributed by atoms with Gasteiger partial charge in [-0.15, -0.1) is 0 Å². The number of rotatable bonds is 5. The number of nitrogens with zero attached hydrogens (tertiary/aromatic N) is 2. The summed E-state index contributed by atoms with van der Waals surface area (Å²) < 4.78 is 29.3. The number of aromatic nitrogens is 1. The fourth-order valence-corrected chi connectivity index (χ4v) is 5.66. The van der Waals surface area contributed by atoms with Gasteiger partial charge in [-0.05, 0) is 37.5 Å². The maximum Gasteiger partial charge on any atom is 0.308 e. The Morgan fingerprint density at radius 2 is 2.00 bits per heavy atom. The molecule has 1 aliphatic heterocycles. The lowest BCUT2D eigenvalue weighted by molar-refractivity contribution is -0.142. The third kappa shape index (κ3) is 3.36. The zero-order valence-corrected chi connectivity index (χ0v) is 15.5. The SMILES string of the molecule is CCCn1c(=O)sc2cc(S(=O)(=O)N3CCC(C(=O)O)CC3)ccc21. The zero-order chi connectivity index (χ0) is 18.2. The van der Waals surface area contributed by atoms with E-state index in [0.717, 1.165) is 23.3 Å². The van der Waals surface area contributed by atoms with Gasteiger partial charge in [0.05, 0.1) is 21.0 Å². The third-order valence-electron chi connectivity index (χ3n) is 4.53. The van der Waals surface area contributed by atoms with Gasteiger partial charge in [-0.2, -0.15) is 4.31 Å². The number of hydrogen-bond donors (Lipinski definition) is 1. The minimum Gasteiger partial charge on any atom is -0.481 e. The Labute approximate surface area is 149 Å². The summed E-state index contributed by atoms with van der Waals surface area (Å²) >= 11 is 1.05. The van der Waals surface area contributed by atoms with Crippen molar-refractivity contribution in [2.24, 2.45) is 5.92 Å². The van der Waals surface area contributed by atoms with Crippen molar-refractivity contribution in [1.29, 1.82) is 0 Å². The third-order valence-corrected chi connectivity index (χ3v) is 7.36. The molecule has 0 aliphatic carbocycles. The standard InChI is InChI=1S/C16H20N2O5S2/c1-2-7-18-13-4-3-12(10-14(13)24-16(18)21)25(22,23)17-8-5-11(6-9-17)15(19)20/h3-4,10-11H,2,5-9H2,1H3,(H,19,20). The lowest BCUT2D eigenvalue weighted by Gasteiger charge is -2.29. The fraction of sp³-hybridized carbons (Fsp3) is 0.500. The van der Waals surface area contributed by atoms with Crippen molar-refractivity contribution in [3.63, 3.8) is 0 Å². The molecule has 7 nitrogen and oxygen atoms in total. The topological polar surface area (TPSA) is 96.7 Å². The van der Waals surface area contributed by atoms with Crippen molar-refractivity contribution >= 4 is 37.5 Å². The highest BCUT2D eigenvalue weighted by molar-refractivity contribution is 7.89. The molecule has 0 atom stereocenters. The minimum atomic E-state index is -3.68. The summed E-state index contributed by atoms with van der Waals surface area (Å²) in [5.74, 6) is -1.36. The van der Waals surface area contributed by atoms with E-state index in [2.05, 4.69) is 0 Å². The number of benzene rings is 1. The summed E-state index contributed by atoms with van der Waals surface area (Å²) in [5.41, 5.74) is 0.750. The van der Waals surface area contributed by atoms with Gasteiger partial charge >= 0.3 is 10.8 Å². The second-order valence-electron chi connectivity index (χ2n) is 6.17. The first-order valence-electron chi connectivity index (χ1n) is 8.21. The molecule has 1 saturated heterocycles. The van der Waals surface area contributed by atoms with Gasteiger partial charge in [0.15, 0.2) is 0 Å². The molecule has 1 aromatic carbocycles. The molecule has 0 bridgehead atoms. The highest BCUT2D eigenvalue weighted by atomic mass is 32.2. The first-order valence-corrected chi connectivity index (χ1v) is 10.5. The lowest BCUT2D eigenvalue weighted by Crippen LogP contribution is -2.40. The van der Waals surface area contributed by atoms with Gasteiger partial charge in [0.1, 0.15) is 0 Å². The van der Waals surface area contributed by atoms with Crippen LogP contribution in [-0.4, -0.2) is 41.5 Å². The van der Waals surface area contributed by atoms with E-state index in [0.29, 0.717) is 24.1 Å². The molecule has 1 fully saturated rings. The zero-order valence-electron chi connectivity index (χ0n) is 13.8.